The van der Waals surface area contributed by atoms with Gasteiger partial charge in [0.1, 0.15) is 12.4 Å². The first-order chi connectivity index (χ1) is 14.3. The topological polar surface area (TPSA) is 85.8 Å². The number of aliphatic imine (C=N–C) groups is 1. The highest BCUT2D eigenvalue weighted by molar-refractivity contribution is 6.05. The fourth-order valence-electron chi connectivity index (χ4n) is 3.88. The first kappa shape index (κ1) is 19.9. The zero-order valence-electron chi connectivity index (χ0n) is 16.9. The molecule has 0 aromatic heterocycles. The number of hydrogen-bond acceptors (Lipinski definition) is 7. The highest BCUT2D eigenvalue weighted by Crippen LogP contribution is 2.34. The van der Waals surface area contributed by atoms with Crippen molar-refractivity contribution in [2.75, 3.05) is 20.2 Å². The van der Waals surface area contributed by atoms with Gasteiger partial charge in [-0.25, -0.2) is 14.2 Å². The van der Waals surface area contributed by atoms with Crippen LogP contribution < -0.4 is 0 Å². The average Bonchev–Trinajstić information content (AvgIpc) is 3.21. The summed E-state index contributed by atoms with van der Waals surface area (Å²) < 4.78 is 19.1. The molecule has 3 aliphatic heterocycles. The fraction of sp³-hybridized carbons (Fsp3) is 0.400. The molecular weight excluding hydrogens is 393 g/mol. The number of urea groups is 1. The standard InChI is InChI=1S/C20H22FN5O4/c1-4-30-15(27)11-24-12(2)9-25-16-17(22-19(24)25)23(3)20(29)26(18(16)28)10-13-7-5-6-8-14(13)21/h5-9,16-17H,4,10-11H2,1-3H3. The molecule has 0 aliphatic carbocycles. The molecule has 9 nitrogen and oxygen atoms in total. The maximum atomic E-state index is 14.1. The van der Waals surface area contributed by atoms with Crippen LogP contribution in [0.5, 0.6) is 0 Å². The molecule has 3 amide bonds. The van der Waals surface area contributed by atoms with Crippen molar-refractivity contribution in [3.05, 3.63) is 47.5 Å². The van der Waals surface area contributed by atoms with Crippen LogP contribution in [0.3, 0.4) is 0 Å². The van der Waals surface area contributed by atoms with Gasteiger partial charge in [0.15, 0.2) is 12.2 Å². The number of benzene rings is 1. The van der Waals surface area contributed by atoms with E-state index in [1.807, 2.05) is 0 Å². The van der Waals surface area contributed by atoms with Crippen LogP contribution in [0, 0.1) is 5.82 Å². The summed E-state index contributed by atoms with van der Waals surface area (Å²) in [6.45, 7) is 3.57. The number of allylic oxidation sites excluding steroid dienone is 1. The van der Waals surface area contributed by atoms with Crippen LogP contribution in [0.2, 0.25) is 0 Å². The molecule has 0 saturated carbocycles. The number of imide groups is 1. The number of amides is 3. The number of rotatable bonds is 5. The Morgan fingerprint density at radius 3 is 2.67 bits per heavy atom. The summed E-state index contributed by atoms with van der Waals surface area (Å²) in [5.41, 5.74) is 0.982. The summed E-state index contributed by atoms with van der Waals surface area (Å²) in [5.74, 6) is -0.950. The van der Waals surface area contributed by atoms with Gasteiger partial charge in [-0.3, -0.25) is 14.5 Å². The molecule has 3 heterocycles. The summed E-state index contributed by atoms with van der Waals surface area (Å²) >= 11 is 0. The quantitative estimate of drug-likeness (QED) is 0.675. The number of nitrogens with zero attached hydrogens (tertiary/aromatic N) is 5. The lowest BCUT2D eigenvalue weighted by atomic mass is 10.1. The zero-order valence-corrected chi connectivity index (χ0v) is 16.9. The maximum absolute atomic E-state index is 14.1. The highest BCUT2D eigenvalue weighted by Gasteiger charge is 2.54. The van der Waals surface area contributed by atoms with Crippen molar-refractivity contribution < 1.29 is 23.5 Å². The summed E-state index contributed by atoms with van der Waals surface area (Å²) in [4.78, 5) is 48.4. The molecule has 0 bridgehead atoms. The van der Waals surface area contributed by atoms with Gasteiger partial charge in [0.2, 0.25) is 5.96 Å². The Bertz CT molecular complexity index is 978. The van der Waals surface area contributed by atoms with Crippen LogP contribution in [-0.4, -0.2) is 75.9 Å². The largest absolute Gasteiger partial charge is 0.465 e. The molecule has 1 aromatic rings. The average molecular weight is 415 g/mol. The molecule has 0 radical (unpaired) electrons. The second kappa shape index (κ2) is 7.43. The van der Waals surface area contributed by atoms with E-state index in [-0.39, 0.29) is 25.3 Å². The third-order valence-corrected chi connectivity index (χ3v) is 5.38. The monoisotopic (exact) mass is 415 g/mol. The van der Waals surface area contributed by atoms with Gasteiger partial charge in [0, 0.05) is 24.5 Å². The van der Waals surface area contributed by atoms with Crippen molar-refractivity contribution in [2.45, 2.75) is 32.6 Å². The lowest BCUT2D eigenvalue weighted by Crippen LogP contribution is -2.63. The summed E-state index contributed by atoms with van der Waals surface area (Å²) in [6.07, 6.45) is 0.997. The number of carbonyl (C=O) groups excluding carboxylic acids is 3. The number of fused-ring (bicyclic) bond motifs is 3. The van der Waals surface area contributed by atoms with E-state index in [2.05, 4.69) is 4.99 Å². The van der Waals surface area contributed by atoms with Crippen LogP contribution in [0.25, 0.3) is 0 Å². The van der Waals surface area contributed by atoms with Gasteiger partial charge >= 0.3 is 12.0 Å². The number of carbonyl (C=O) groups is 3. The van der Waals surface area contributed by atoms with Crippen molar-refractivity contribution in [1.82, 2.24) is 19.6 Å². The number of likely N-dealkylation sites (N-methyl/N-ethyl adjacent to an activating group) is 1. The second-order valence-electron chi connectivity index (χ2n) is 7.27. The van der Waals surface area contributed by atoms with Gasteiger partial charge in [0.25, 0.3) is 5.91 Å². The lowest BCUT2D eigenvalue weighted by Gasteiger charge is -2.40. The smallest absolute Gasteiger partial charge is 0.328 e. The minimum atomic E-state index is -0.781. The minimum Gasteiger partial charge on any atom is -0.465 e. The Hall–Kier alpha value is -3.43. The van der Waals surface area contributed by atoms with Gasteiger partial charge in [0.05, 0.1) is 13.2 Å². The third kappa shape index (κ3) is 3.08. The van der Waals surface area contributed by atoms with Gasteiger partial charge in [-0.15, -0.1) is 0 Å². The van der Waals surface area contributed by atoms with E-state index in [0.29, 0.717) is 5.96 Å². The first-order valence-corrected chi connectivity index (χ1v) is 9.62. The second-order valence-corrected chi connectivity index (χ2v) is 7.27. The number of ether oxygens (including phenoxy) is 1. The van der Waals surface area contributed by atoms with E-state index >= 15 is 0 Å². The molecule has 10 heteroatoms. The Kier molecular flexibility index (Phi) is 4.92. The molecule has 1 aromatic carbocycles. The van der Waals surface area contributed by atoms with Gasteiger partial charge in [-0.2, -0.15) is 0 Å². The van der Waals surface area contributed by atoms with Crippen molar-refractivity contribution in [3.63, 3.8) is 0 Å². The van der Waals surface area contributed by atoms with Crippen molar-refractivity contribution in [3.8, 4) is 0 Å². The molecule has 30 heavy (non-hydrogen) atoms. The van der Waals surface area contributed by atoms with Crippen LogP contribution in [0.15, 0.2) is 41.2 Å². The minimum absolute atomic E-state index is 0.0459. The van der Waals surface area contributed by atoms with Crippen LogP contribution in [0.4, 0.5) is 9.18 Å². The first-order valence-electron chi connectivity index (χ1n) is 9.62. The third-order valence-electron chi connectivity index (χ3n) is 5.38. The predicted molar refractivity (Wildman–Crippen MR) is 104 cm³/mol. The Morgan fingerprint density at radius 2 is 1.97 bits per heavy atom. The number of guanidine groups is 1. The molecule has 4 rings (SSSR count). The van der Waals surface area contributed by atoms with E-state index in [4.69, 9.17) is 4.74 Å². The van der Waals surface area contributed by atoms with E-state index < -0.39 is 35.9 Å². The van der Waals surface area contributed by atoms with Crippen LogP contribution in [-0.2, 0) is 20.9 Å². The molecule has 1 saturated heterocycles. The SMILES string of the molecule is CCOC(=O)CN1C(C)=CN2C1=NC1C2C(=O)N(Cc2ccccc2F)C(=O)N1C. The number of hydrogen-bond donors (Lipinski definition) is 0. The Morgan fingerprint density at radius 1 is 1.23 bits per heavy atom. The molecule has 1 fully saturated rings. The van der Waals surface area contributed by atoms with E-state index in [1.54, 1.807) is 55.1 Å². The van der Waals surface area contributed by atoms with Crippen molar-refractivity contribution in [2.24, 2.45) is 4.99 Å². The molecule has 158 valence electrons. The fourth-order valence-corrected chi connectivity index (χ4v) is 3.88. The Labute approximate surface area is 173 Å². The number of halogens is 1. The normalized spacial score (nSPS) is 22.8. The summed E-state index contributed by atoms with van der Waals surface area (Å²) in [6, 6.07) is 4.70. The molecular formula is C20H22FN5O4. The molecule has 2 unspecified atom stereocenters. The van der Waals surface area contributed by atoms with Gasteiger partial charge < -0.3 is 19.4 Å². The predicted octanol–water partition coefficient (Wildman–Crippen LogP) is 1.33. The zero-order chi connectivity index (χ0) is 21.6. The molecule has 2 atom stereocenters. The summed E-state index contributed by atoms with van der Waals surface area (Å²) in [7, 11) is 1.55. The highest BCUT2D eigenvalue weighted by atomic mass is 19.1. The maximum Gasteiger partial charge on any atom is 0.328 e. The Balaban J connectivity index is 1.61. The molecule has 0 spiro atoms. The van der Waals surface area contributed by atoms with Crippen LogP contribution >= 0.6 is 0 Å². The van der Waals surface area contributed by atoms with Crippen molar-refractivity contribution >= 4 is 23.9 Å². The summed E-state index contributed by atoms with van der Waals surface area (Å²) in [5, 5.41) is 0. The molecule has 0 N–H and O–H groups in total. The van der Waals surface area contributed by atoms with E-state index in [1.165, 1.54) is 11.0 Å². The van der Waals surface area contributed by atoms with Gasteiger partial charge in [-0.05, 0) is 19.9 Å². The lowest BCUT2D eigenvalue weighted by molar-refractivity contribution is -0.143. The van der Waals surface area contributed by atoms with E-state index in [9.17, 15) is 18.8 Å². The van der Waals surface area contributed by atoms with Gasteiger partial charge in [-0.1, -0.05) is 18.2 Å². The van der Waals surface area contributed by atoms with Crippen LogP contribution in [0.1, 0.15) is 19.4 Å². The molecule has 3 aliphatic rings. The van der Waals surface area contributed by atoms with E-state index in [0.717, 1.165) is 10.6 Å². The number of esters is 1. The van der Waals surface area contributed by atoms with Crippen molar-refractivity contribution in [1.29, 1.82) is 0 Å².